The molecule has 2 rings (SSSR count). The third-order valence-corrected chi connectivity index (χ3v) is 4.79. The van der Waals surface area contributed by atoms with Crippen molar-refractivity contribution < 1.29 is 17.6 Å². The summed E-state index contributed by atoms with van der Waals surface area (Å²) in [6.07, 6.45) is 1.22. The van der Waals surface area contributed by atoms with E-state index in [1.807, 2.05) is 5.43 Å². The Bertz CT molecular complexity index is 617. The number of piperazine rings is 1. The molecule has 9 heteroatoms. The fourth-order valence-electron chi connectivity index (χ4n) is 2.36. The number of carbonyl (C=O) groups excluding carboxylic acids is 1. The molecule has 1 amide bonds. The Hall–Kier alpha value is -1.42. The highest BCUT2D eigenvalue weighted by Crippen LogP contribution is 2.17. The Morgan fingerprint density at radius 3 is 2.52 bits per heavy atom. The van der Waals surface area contributed by atoms with Crippen molar-refractivity contribution >= 4 is 15.9 Å². The Kier molecular flexibility index (Phi) is 4.67. The molecule has 0 spiro atoms. The van der Waals surface area contributed by atoms with Crippen LogP contribution in [-0.4, -0.2) is 56.0 Å². The highest BCUT2D eigenvalue weighted by molar-refractivity contribution is 7.88. The maximum absolute atomic E-state index is 11.5. The standard InChI is InChI=1S/C12H20N4O4S/c1-9-7-10(20-11(9)12(17)14-13)8-15-3-5-16(6-4-15)21(2,18)19/h7H,3-6,8,13H2,1-2H3,(H,14,17). The number of aryl methyl sites for hydroxylation is 1. The maximum Gasteiger partial charge on any atom is 0.301 e. The second-order valence-corrected chi connectivity index (χ2v) is 7.12. The molecule has 8 nitrogen and oxygen atoms in total. The molecule has 1 aromatic heterocycles. The molecule has 0 radical (unpaired) electrons. The summed E-state index contributed by atoms with van der Waals surface area (Å²) in [7, 11) is -3.12. The van der Waals surface area contributed by atoms with Gasteiger partial charge in [0.25, 0.3) is 0 Å². The third kappa shape index (κ3) is 3.82. The quantitative estimate of drug-likeness (QED) is 0.430. The molecule has 1 saturated heterocycles. The summed E-state index contributed by atoms with van der Waals surface area (Å²) in [5, 5.41) is 0. The van der Waals surface area contributed by atoms with E-state index < -0.39 is 15.9 Å². The number of furan rings is 1. The number of hydrogen-bond acceptors (Lipinski definition) is 6. The molecule has 1 fully saturated rings. The molecule has 1 aromatic rings. The molecular weight excluding hydrogens is 296 g/mol. The van der Waals surface area contributed by atoms with E-state index in [2.05, 4.69) is 4.90 Å². The zero-order valence-electron chi connectivity index (χ0n) is 12.1. The molecule has 0 aliphatic carbocycles. The number of amides is 1. The van der Waals surface area contributed by atoms with E-state index in [0.29, 0.717) is 38.5 Å². The van der Waals surface area contributed by atoms with E-state index in [1.165, 1.54) is 10.6 Å². The summed E-state index contributed by atoms with van der Waals surface area (Å²) in [5.74, 6) is 5.51. The van der Waals surface area contributed by atoms with Crippen molar-refractivity contribution in [2.24, 2.45) is 5.84 Å². The topological polar surface area (TPSA) is 109 Å². The van der Waals surface area contributed by atoms with Gasteiger partial charge in [0.15, 0.2) is 5.76 Å². The number of hydrazine groups is 1. The van der Waals surface area contributed by atoms with Gasteiger partial charge < -0.3 is 4.42 Å². The predicted octanol–water partition coefficient (Wildman–Crippen LogP) is -0.731. The third-order valence-electron chi connectivity index (χ3n) is 3.49. The van der Waals surface area contributed by atoms with Crippen molar-refractivity contribution in [1.29, 1.82) is 0 Å². The molecule has 0 atom stereocenters. The Morgan fingerprint density at radius 1 is 1.38 bits per heavy atom. The van der Waals surface area contributed by atoms with Gasteiger partial charge in [-0.25, -0.2) is 14.3 Å². The van der Waals surface area contributed by atoms with Crippen molar-refractivity contribution in [1.82, 2.24) is 14.6 Å². The van der Waals surface area contributed by atoms with Crippen molar-refractivity contribution in [3.05, 3.63) is 23.2 Å². The smallest absolute Gasteiger partial charge is 0.301 e. The molecule has 0 bridgehead atoms. The van der Waals surface area contributed by atoms with Crippen molar-refractivity contribution in [2.75, 3.05) is 32.4 Å². The van der Waals surface area contributed by atoms with Gasteiger partial charge >= 0.3 is 5.91 Å². The van der Waals surface area contributed by atoms with Gasteiger partial charge in [0.05, 0.1) is 12.8 Å². The Balaban J connectivity index is 1.97. The first-order valence-corrected chi connectivity index (χ1v) is 8.44. The molecule has 1 aliphatic rings. The average Bonchev–Trinajstić information content (AvgIpc) is 2.78. The average molecular weight is 316 g/mol. The molecule has 3 N–H and O–H groups in total. The van der Waals surface area contributed by atoms with E-state index in [0.717, 1.165) is 5.56 Å². The lowest BCUT2D eigenvalue weighted by molar-refractivity contribution is 0.0919. The number of sulfonamides is 1. The fourth-order valence-corrected chi connectivity index (χ4v) is 3.18. The second-order valence-electron chi connectivity index (χ2n) is 5.14. The van der Waals surface area contributed by atoms with Gasteiger partial charge in [-0.3, -0.25) is 15.1 Å². The normalized spacial score (nSPS) is 17.9. The van der Waals surface area contributed by atoms with Crippen LogP contribution >= 0.6 is 0 Å². The number of hydrogen-bond donors (Lipinski definition) is 2. The van der Waals surface area contributed by atoms with E-state index >= 15 is 0 Å². The van der Waals surface area contributed by atoms with Gasteiger partial charge in [0.2, 0.25) is 10.0 Å². The van der Waals surface area contributed by atoms with Crippen LogP contribution in [0, 0.1) is 6.92 Å². The van der Waals surface area contributed by atoms with Crippen molar-refractivity contribution in [3.63, 3.8) is 0 Å². The van der Waals surface area contributed by atoms with E-state index in [1.54, 1.807) is 13.0 Å². The molecule has 0 aromatic carbocycles. The Labute approximate surface area is 123 Å². The highest BCUT2D eigenvalue weighted by atomic mass is 32.2. The Morgan fingerprint density at radius 2 is 2.00 bits per heavy atom. The van der Waals surface area contributed by atoms with Crippen LogP contribution in [-0.2, 0) is 16.6 Å². The summed E-state index contributed by atoms with van der Waals surface area (Å²) in [6.45, 7) is 4.51. The van der Waals surface area contributed by atoms with Gasteiger partial charge in [-0.05, 0) is 13.0 Å². The minimum absolute atomic E-state index is 0.210. The lowest BCUT2D eigenvalue weighted by atomic mass is 10.2. The van der Waals surface area contributed by atoms with Crippen LogP contribution in [0.1, 0.15) is 21.9 Å². The van der Waals surface area contributed by atoms with E-state index in [-0.39, 0.29) is 5.76 Å². The first-order chi connectivity index (χ1) is 9.81. The molecule has 21 heavy (non-hydrogen) atoms. The van der Waals surface area contributed by atoms with Crippen LogP contribution in [0.25, 0.3) is 0 Å². The summed E-state index contributed by atoms with van der Waals surface area (Å²) < 4.78 is 29.8. The van der Waals surface area contributed by atoms with Crippen LogP contribution in [0.3, 0.4) is 0 Å². The van der Waals surface area contributed by atoms with Gasteiger partial charge in [-0.1, -0.05) is 0 Å². The summed E-state index contributed by atoms with van der Waals surface area (Å²) in [5.41, 5.74) is 2.77. The van der Waals surface area contributed by atoms with E-state index in [9.17, 15) is 13.2 Å². The number of nitrogens with one attached hydrogen (secondary N) is 1. The van der Waals surface area contributed by atoms with Gasteiger partial charge in [0.1, 0.15) is 5.76 Å². The first-order valence-electron chi connectivity index (χ1n) is 6.59. The van der Waals surface area contributed by atoms with Gasteiger partial charge in [-0.15, -0.1) is 0 Å². The lowest BCUT2D eigenvalue weighted by Gasteiger charge is -2.32. The summed E-state index contributed by atoms with van der Waals surface area (Å²) >= 11 is 0. The van der Waals surface area contributed by atoms with Gasteiger partial charge in [-0.2, -0.15) is 4.31 Å². The predicted molar refractivity (Wildman–Crippen MR) is 76.8 cm³/mol. The first kappa shape index (κ1) is 16.0. The largest absolute Gasteiger partial charge is 0.454 e. The molecule has 0 unspecified atom stereocenters. The number of nitrogen functional groups attached to an aromatic ring is 1. The molecule has 1 aliphatic heterocycles. The fraction of sp³-hybridized carbons (Fsp3) is 0.583. The van der Waals surface area contributed by atoms with E-state index in [4.69, 9.17) is 10.3 Å². The SMILES string of the molecule is Cc1cc(CN2CCN(S(C)(=O)=O)CC2)oc1C(=O)NN. The zero-order valence-corrected chi connectivity index (χ0v) is 12.9. The van der Waals surface area contributed by atoms with Gasteiger partial charge in [0, 0.05) is 31.7 Å². The second kappa shape index (κ2) is 6.14. The zero-order chi connectivity index (χ0) is 15.6. The molecule has 2 heterocycles. The number of nitrogens with zero attached hydrogens (tertiary/aromatic N) is 2. The van der Waals surface area contributed by atoms with Crippen molar-refractivity contribution in [3.8, 4) is 0 Å². The lowest BCUT2D eigenvalue weighted by Crippen LogP contribution is -2.47. The summed E-state index contributed by atoms with van der Waals surface area (Å²) in [4.78, 5) is 13.6. The maximum atomic E-state index is 11.5. The molecule has 0 saturated carbocycles. The van der Waals surface area contributed by atoms with Crippen molar-refractivity contribution in [2.45, 2.75) is 13.5 Å². The molecule has 118 valence electrons. The minimum Gasteiger partial charge on any atom is -0.454 e. The number of carbonyl (C=O) groups is 1. The monoisotopic (exact) mass is 316 g/mol. The van der Waals surface area contributed by atoms with Crippen LogP contribution < -0.4 is 11.3 Å². The highest BCUT2D eigenvalue weighted by Gasteiger charge is 2.24. The van der Waals surface area contributed by atoms with Crippen LogP contribution in [0.15, 0.2) is 10.5 Å². The van der Waals surface area contributed by atoms with Crippen LogP contribution in [0.2, 0.25) is 0 Å². The summed E-state index contributed by atoms with van der Waals surface area (Å²) in [6, 6.07) is 1.80. The molecular formula is C12H20N4O4S. The van der Waals surface area contributed by atoms with Crippen LogP contribution in [0.4, 0.5) is 0 Å². The minimum atomic E-state index is -3.12. The number of nitrogens with two attached hydrogens (primary N) is 1. The van der Waals surface area contributed by atoms with Crippen LogP contribution in [0.5, 0.6) is 0 Å². The number of rotatable bonds is 4.